The molecule has 2 aliphatic heterocycles. The SMILES string of the molecule is Cc1cnc(N2CCC(C(=O)N3CCOCC3)C2)s1. The van der Waals surface area contributed by atoms with Gasteiger partial charge in [0.2, 0.25) is 5.91 Å². The van der Waals surface area contributed by atoms with Crippen molar-refractivity contribution in [2.75, 3.05) is 44.3 Å². The third-order valence-corrected chi connectivity index (χ3v) is 4.71. The van der Waals surface area contributed by atoms with Gasteiger partial charge in [0.1, 0.15) is 0 Å². The molecule has 0 aromatic carbocycles. The number of anilines is 1. The predicted octanol–water partition coefficient (Wildman–Crippen LogP) is 1.14. The molecule has 0 spiro atoms. The van der Waals surface area contributed by atoms with E-state index in [1.54, 1.807) is 11.3 Å². The Labute approximate surface area is 117 Å². The van der Waals surface area contributed by atoms with Crippen LogP contribution in [0.15, 0.2) is 6.20 Å². The number of carbonyl (C=O) groups excluding carboxylic acids is 1. The van der Waals surface area contributed by atoms with E-state index in [1.807, 2.05) is 11.1 Å². The Kier molecular flexibility index (Phi) is 3.70. The monoisotopic (exact) mass is 281 g/mol. The van der Waals surface area contributed by atoms with E-state index in [4.69, 9.17) is 4.74 Å². The minimum atomic E-state index is 0.127. The Morgan fingerprint density at radius 3 is 2.89 bits per heavy atom. The van der Waals surface area contributed by atoms with E-state index < -0.39 is 0 Å². The number of hydrogen-bond donors (Lipinski definition) is 0. The van der Waals surface area contributed by atoms with Gasteiger partial charge in [-0.1, -0.05) is 0 Å². The standard InChI is InChI=1S/C13H19N3O2S/c1-10-8-14-13(19-10)16-3-2-11(9-16)12(17)15-4-6-18-7-5-15/h8,11H,2-7,9H2,1H3. The second-order valence-corrected chi connectivity index (χ2v) is 6.34. The smallest absolute Gasteiger partial charge is 0.227 e. The fraction of sp³-hybridized carbons (Fsp3) is 0.692. The first-order chi connectivity index (χ1) is 9.24. The van der Waals surface area contributed by atoms with Crippen LogP contribution in [0, 0.1) is 12.8 Å². The molecule has 2 saturated heterocycles. The summed E-state index contributed by atoms with van der Waals surface area (Å²) in [5.41, 5.74) is 0. The van der Waals surface area contributed by atoms with Crippen LogP contribution in [0.2, 0.25) is 0 Å². The van der Waals surface area contributed by atoms with Crippen molar-refractivity contribution in [3.05, 3.63) is 11.1 Å². The number of ether oxygens (including phenoxy) is 1. The highest BCUT2D eigenvalue weighted by Gasteiger charge is 2.32. The Morgan fingerprint density at radius 1 is 1.42 bits per heavy atom. The van der Waals surface area contributed by atoms with Gasteiger partial charge in [-0.3, -0.25) is 4.79 Å². The molecule has 3 heterocycles. The largest absolute Gasteiger partial charge is 0.378 e. The van der Waals surface area contributed by atoms with E-state index in [-0.39, 0.29) is 5.92 Å². The summed E-state index contributed by atoms with van der Waals surface area (Å²) in [5, 5.41) is 1.05. The Morgan fingerprint density at radius 2 is 2.21 bits per heavy atom. The molecule has 1 unspecified atom stereocenters. The van der Waals surface area contributed by atoms with Crippen LogP contribution >= 0.6 is 11.3 Å². The lowest BCUT2D eigenvalue weighted by Gasteiger charge is -2.29. The highest BCUT2D eigenvalue weighted by molar-refractivity contribution is 7.15. The zero-order chi connectivity index (χ0) is 13.2. The molecule has 2 fully saturated rings. The molecule has 19 heavy (non-hydrogen) atoms. The van der Waals surface area contributed by atoms with Crippen molar-refractivity contribution < 1.29 is 9.53 Å². The van der Waals surface area contributed by atoms with E-state index in [2.05, 4.69) is 16.8 Å². The van der Waals surface area contributed by atoms with E-state index in [1.165, 1.54) is 4.88 Å². The van der Waals surface area contributed by atoms with Gasteiger partial charge in [-0.25, -0.2) is 4.98 Å². The molecule has 3 rings (SSSR count). The van der Waals surface area contributed by atoms with Gasteiger partial charge in [-0.2, -0.15) is 0 Å². The van der Waals surface area contributed by atoms with Crippen LogP contribution in [0.3, 0.4) is 0 Å². The number of rotatable bonds is 2. The van der Waals surface area contributed by atoms with Gasteiger partial charge < -0.3 is 14.5 Å². The van der Waals surface area contributed by atoms with Gasteiger partial charge in [0, 0.05) is 37.3 Å². The molecule has 1 amide bonds. The van der Waals surface area contributed by atoms with Gasteiger partial charge in [-0.05, 0) is 13.3 Å². The molecule has 1 atom stereocenters. The molecular weight excluding hydrogens is 262 g/mol. The third-order valence-electron chi connectivity index (χ3n) is 3.74. The fourth-order valence-electron chi connectivity index (χ4n) is 2.67. The molecule has 5 nitrogen and oxygen atoms in total. The second-order valence-electron chi connectivity index (χ2n) is 5.12. The number of morpholine rings is 1. The number of aromatic nitrogens is 1. The predicted molar refractivity (Wildman–Crippen MR) is 74.6 cm³/mol. The van der Waals surface area contributed by atoms with Crippen molar-refractivity contribution in [1.82, 2.24) is 9.88 Å². The number of hydrogen-bond acceptors (Lipinski definition) is 5. The minimum absolute atomic E-state index is 0.127. The van der Waals surface area contributed by atoms with Crippen molar-refractivity contribution in [2.45, 2.75) is 13.3 Å². The summed E-state index contributed by atoms with van der Waals surface area (Å²) in [6.45, 7) is 6.64. The summed E-state index contributed by atoms with van der Waals surface area (Å²) >= 11 is 1.70. The van der Waals surface area contributed by atoms with Gasteiger partial charge in [-0.15, -0.1) is 11.3 Å². The van der Waals surface area contributed by atoms with Crippen LogP contribution in [0.4, 0.5) is 5.13 Å². The average molecular weight is 281 g/mol. The lowest BCUT2D eigenvalue weighted by atomic mass is 10.1. The Hall–Kier alpha value is -1.14. The topological polar surface area (TPSA) is 45.7 Å². The molecule has 104 valence electrons. The summed E-state index contributed by atoms with van der Waals surface area (Å²) in [7, 11) is 0. The molecule has 0 radical (unpaired) electrons. The molecule has 0 N–H and O–H groups in total. The third kappa shape index (κ3) is 2.74. The van der Waals surface area contributed by atoms with Crippen molar-refractivity contribution in [2.24, 2.45) is 5.92 Å². The van der Waals surface area contributed by atoms with Crippen molar-refractivity contribution in [1.29, 1.82) is 0 Å². The molecule has 0 bridgehead atoms. The summed E-state index contributed by atoms with van der Waals surface area (Å²) in [6.07, 6.45) is 2.84. The average Bonchev–Trinajstić information content (AvgIpc) is 3.07. The lowest BCUT2D eigenvalue weighted by molar-refractivity contribution is -0.138. The first-order valence-electron chi connectivity index (χ1n) is 6.78. The number of carbonyl (C=O) groups is 1. The summed E-state index contributed by atoms with van der Waals surface area (Å²) in [4.78, 5) is 22.2. The van der Waals surface area contributed by atoms with Crippen molar-refractivity contribution in [3.8, 4) is 0 Å². The van der Waals surface area contributed by atoms with Crippen LogP contribution in [-0.4, -0.2) is 55.2 Å². The molecule has 1 aromatic heterocycles. The first-order valence-corrected chi connectivity index (χ1v) is 7.59. The zero-order valence-electron chi connectivity index (χ0n) is 11.2. The Balaban J connectivity index is 1.60. The molecule has 6 heteroatoms. The zero-order valence-corrected chi connectivity index (χ0v) is 12.0. The van der Waals surface area contributed by atoms with Crippen LogP contribution in [0.5, 0.6) is 0 Å². The van der Waals surface area contributed by atoms with Gasteiger partial charge in [0.15, 0.2) is 5.13 Å². The highest BCUT2D eigenvalue weighted by Crippen LogP contribution is 2.28. The molecular formula is C13H19N3O2S. The number of nitrogens with zero attached hydrogens (tertiary/aromatic N) is 3. The summed E-state index contributed by atoms with van der Waals surface area (Å²) < 4.78 is 5.29. The normalized spacial score (nSPS) is 23.9. The van der Waals surface area contributed by atoms with E-state index >= 15 is 0 Å². The van der Waals surface area contributed by atoms with Crippen LogP contribution in [0.1, 0.15) is 11.3 Å². The lowest BCUT2D eigenvalue weighted by Crippen LogP contribution is -2.44. The number of aryl methyl sites for hydroxylation is 1. The van der Waals surface area contributed by atoms with Gasteiger partial charge >= 0.3 is 0 Å². The maximum atomic E-state index is 12.4. The molecule has 0 aliphatic carbocycles. The van der Waals surface area contributed by atoms with Gasteiger partial charge in [0.05, 0.1) is 19.1 Å². The second kappa shape index (κ2) is 5.46. The quantitative estimate of drug-likeness (QED) is 0.815. The summed E-state index contributed by atoms with van der Waals surface area (Å²) in [5.74, 6) is 0.418. The Bertz CT molecular complexity index is 456. The van der Waals surface area contributed by atoms with E-state index in [9.17, 15) is 4.79 Å². The number of thiazole rings is 1. The van der Waals surface area contributed by atoms with Crippen LogP contribution in [0.25, 0.3) is 0 Å². The number of amides is 1. The summed E-state index contributed by atoms with van der Waals surface area (Å²) in [6, 6.07) is 0. The van der Waals surface area contributed by atoms with Crippen LogP contribution < -0.4 is 4.90 Å². The fourth-order valence-corrected chi connectivity index (χ4v) is 3.46. The van der Waals surface area contributed by atoms with E-state index in [0.717, 1.165) is 37.7 Å². The minimum Gasteiger partial charge on any atom is -0.378 e. The maximum Gasteiger partial charge on any atom is 0.227 e. The van der Waals surface area contributed by atoms with E-state index in [0.29, 0.717) is 19.1 Å². The van der Waals surface area contributed by atoms with Crippen molar-refractivity contribution >= 4 is 22.4 Å². The molecule has 2 aliphatic rings. The van der Waals surface area contributed by atoms with Crippen LogP contribution in [-0.2, 0) is 9.53 Å². The highest BCUT2D eigenvalue weighted by atomic mass is 32.1. The maximum absolute atomic E-state index is 12.4. The van der Waals surface area contributed by atoms with Gasteiger partial charge in [0.25, 0.3) is 0 Å². The molecule has 1 aromatic rings. The van der Waals surface area contributed by atoms with Crippen molar-refractivity contribution in [3.63, 3.8) is 0 Å². The first kappa shape index (κ1) is 12.9. The molecule has 0 saturated carbocycles.